The first-order valence-corrected chi connectivity index (χ1v) is 10.5. The monoisotopic (exact) mass is 452 g/mol. The molecular weight excluding hydrogens is 435 g/mol. The molecule has 6 nitrogen and oxygen atoms in total. The molecule has 0 aliphatic heterocycles. The average molecular weight is 453 g/mol. The van der Waals surface area contributed by atoms with Crippen LogP contribution in [0.4, 0.5) is 10.1 Å². The maximum atomic E-state index is 14.6. The van der Waals surface area contributed by atoms with Crippen molar-refractivity contribution in [2.45, 2.75) is 13.3 Å². The van der Waals surface area contributed by atoms with Crippen LogP contribution in [0.15, 0.2) is 60.9 Å². The van der Waals surface area contributed by atoms with Gasteiger partial charge >= 0.3 is 0 Å². The molecular formula is C22H17FN4O2S2. The second kappa shape index (κ2) is 9.15. The minimum Gasteiger partial charge on any atom is -0.434 e. The van der Waals surface area contributed by atoms with Crippen LogP contribution >= 0.6 is 23.6 Å². The molecule has 0 aliphatic carbocycles. The van der Waals surface area contributed by atoms with Gasteiger partial charge in [0.15, 0.2) is 16.7 Å². The number of hydrogen-bond donors (Lipinski definition) is 2. The fourth-order valence-corrected chi connectivity index (χ4v) is 4.03. The van der Waals surface area contributed by atoms with E-state index in [0.717, 1.165) is 20.7 Å². The minimum atomic E-state index is -0.594. The van der Waals surface area contributed by atoms with E-state index in [9.17, 15) is 9.18 Å². The quantitative estimate of drug-likeness (QED) is 0.416. The molecule has 0 spiro atoms. The van der Waals surface area contributed by atoms with E-state index >= 15 is 0 Å². The summed E-state index contributed by atoms with van der Waals surface area (Å²) in [5.74, 6) is -0.534. The minimum absolute atomic E-state index is 0.0237. The number of fused-ring (bicyclic) bond motifs is 1. The van der Waals surface area contributed by atoms with Crippen molar-refractivity contribution < 1.29 is 13.9 Å². The lowest BCUT2D eigenvalue weighted by Gasteiger charge is -2.11. The van der Waals surface area contributed by atoms with Gasteiger partial charge in [0.25, 0.3) is 0 Å². The molecule has 0 radical (unpaired) electrons. The molecule has 4 aromatic rings. The van der Waals surface area contributed by atoms with Gasteiger partial charge in [-0.15, -0.1) is 11.3 Å². The van der Waals surface area contributed by atoms with Crippen LogP contribution in [0.1, 0.15) is 10.4 Å². The first-order chi connectivity index (χ1) is 15.0. The number of amides is 1. The molecule has 2 aromatic heterocycles. The van der Waals surface area contributed by atoms with Crippen molar-refractivity contribution in [1.82, 2.24) is 15.3 Å². The number of anilines is 1. The molecule has 1 amide bonds. The highest BCUT2D eigenvalue weighted by Crippen LogP contribution is 2.34. The third-order valence-corrected chi connectivity index (χ3v) is 5.49. The fraction of sp³-hybridized carbons (Fsp3) is 0.0909. The Bertz CT molecular complexity index is 1260. The van der Waals surface area contributed by atoms with E-state index < -0.39 is 5.82 Å². The van der Waals surface area contributed by atoms with Crippen LogP contribution in [0.3, 0.4) is 0 Å². The van der Waals surface area contributed by atoms with Gasteiger partial charge in [0.2, 0.25) is 11.8 Å². The number of carbonyl (C=O) groups excluding carboxylic acids is 1. The molecule has 0 bridgehead atoms. The first kappa shape index (κ1) is 20.8. The number of aromatic nitrogens is 2. The molecule has 9 heteroatoms. The number of carbonyl (C=O) groups is 1. The highest BCUT2D eigenvalue weighted by molar-refractivity contribution is 7.80. The zero-order valence-corrected chi connectivity index (χ0v) is 18.0. The summed E-state index contributed by atoms with van der Waals surface area (Å²) in [5.41, 5.74) is 2.01. The van der Waals surface area contributed by atoms with E-state index in [-0.39, 0.29) is 23.2 Å². The number of nitrogens with zero attached hydrogens (tertiary/aromatic N) is 2. The summed E-state index contributed by atoms with van der Waals surface area (Å²) in [6.07, 6.45) is 1.58. The molecule has 4 rings (SSSR count). The summed E-state index contributed by atoms with van der Waals surface area (Å²) in [6.45, 7) is 1.96. The van der Waals surface area contributed by atoms with E-state index in [0.29, 0.717) is 11.6 Å². The largest absolute Gasteiger partial charge is 0.434 e. The molecule has 0 saturated carbocycles. The Morgan fingerprint density at radius 2 is 1.97 bits per heavy atom. The topological polar surface area (TPSA) is 76.1 Å². The number of benzene rings is 2. The van der Waals surface area contributed by atoms with Gasteiger partial charge in [-0.2, -0.15) is 0 Å². The van der Waals surface area contributed by atoms with Crippen molar-refractivity contribution in [2.75, 3.05) is 5.32 Å². The van der Waals surface area contributed by atoms with E-state index in [1.165, 1.54) is 29.8 Å². The predicted molar refractivity (Wildman–Crippen MR) is 123 cm³/mol. The van der Waals surface area contributed by atoms with E-state index in [1.54, 1.807) is 6.07 Å². The summed E-state index contributed by atoms with van der Waals surface area (Å²) in [4.78, 5) is 21.5. The Morgan fingerprint density at radius 1 is 1.16 bits per heavy atom. The van der Waals surface area contributed by atoms with Crippen LogP contribution < -0.4 is 15.4 Å². The molecule has 0 fully saturated rings. The van der Waals surface area contributed by atoms with E-state index in [1.807, 2.05) is 43.3 Å². The summed E-state index contributed by atoms with van der Waals surface area (Å²) in [5, 5.41) is 5.47. The van der Waals surface area contributed by atoms with Gasteiger partial charge in [0.1, 0.15) is 11.0 Å². The van der Waals surface area contributed by atoms with Gasteiger partial charge < -0.3 is 15.4 Å². The second-order valence-electron chi connectivity index (χ2n) is 6.66. The standard InChI is InChI=1S/C22H17FN4O2S2/c1-13-9-17-20(31-13)21(25-12-24-17)29-18-8-7-15(11-16(18)23)26-22(30)27-19(28)10-14-5-3-2-4-6-14/h2-9,11-12H,10H2,1H3,(H2,26,27,28,30). The lowest BCUT2D eigenvalue weighted by atomic mass is 10.1. The number of nitrogens with one attached hydrogen (secondary N) is 2. The lowest BCUT2D eigenvalue weighted by Crippen LogP contribution is -2.35. The highest BCUT2D eigenvalue weighted by Gasteiger charge is 2.13. The van der Waals surface area contributed by atoms with E-state index in [4.69, 9.17) is 17.0 Å². The number of thiocarbonyl (C=S) groups is 1. The predicted octanol–water partition coefficient (Wildman–Crippen LogP) is 4.99. The smallest absolute Gasteiger partial charge is 0.240 e. The fourth-order valence-electron chi connectivity index (χ4n) is 2.90. The van der Waals surface area contributed by atoms with Gasteiger partial charge in [-0.1, -0.05) is 30.3 Å². The Balaban J connectivity index is 1.40. The molecule has 0 unspecified atom stereocenters. The van der Waals surface area contributed by atoms with Crippen molar-refractivity contribution in [3.05, 3.63) is 77.2 Å². The molecule has 2 heterocycles. The highest BCUT2D eigenvalue weighted by atomic mass is 32.1. The Labute approximate surface area is 187 Å². The molecule has 2 aromatic carbocycles. The van der Waals surface area contributed by atoms with Crippen LogP contribution in [0.2, 0.25) is 0 Å². The molecule has 0 saturated heterocycles. The zero-order valence-electron chi connectivity index (χ0n) is 16.4. The van der Waals surface area contributed by atoms with Crippen LogP contribution in [-0.2, 0) is 11.2 Å². The van der Waals surface area contributed by atoms with Crippen LogP contribution in [0.5, 0.6) is 11.6 Å². The first-order valence-electron chi connectivity index (χ1n) is 9.31. The summed E-state index contributed by atoms with van der Waals surface area (Å²) >= 11 is 6.63. The molecule has 2 N–H and O–H groups in total. The summed E-state index contributed by atoms with van der Waals surface area (Å²) in [7, 11) is 0. The Kier molecular flexibility index (Phi) is 6.15. The zero-order chi connectivity index (χ0) is 21.8. The number of halogens is 1. The van der Waals surface area contributed by atoms with E-state index in [2.05, 4.69) is 20.6 Å². The molecule has 0 atom stereocenters. The lowest BCUT2D eigenvalue weighted by molar-refractivity contribution is -0.119. The Hall–Kier alpha value is -3.43. The number of rotatable bonds is 5. The molecule has 156 valence electrons. The van der Waals surface area contributed by atoms with Crippen molar-refractivity contribution in [1.29, 1.82) is 0 Å². The van der Waals surface area contributed by atoms with Crippen LogP contribution in [0.25, 0.3) is 10.2 Å². The Morgan fingerprint density at radius 3 is 2.74 bits per heavy atom. The maximum Gasteiger partial charge on any atom is 0.240 e. The van der Waals surface area contributed by atoms with Gasteiger partial charge in [-0.05, 0) is 42.9 Å². The number of thiophene rings is 1. The number of aryl methyl sites for hydroxylation is 1. The molecule has 0 aliphatic rings. The molecule has 31 heavy (non-hydrogen) atoms. The summed E-state index contributed by atoms with van der Waals surface area (Å²) in [6, 6.07) is 15.5. The SMILES string of the molecule is Cc1cc2ncnc(Oc3ccc(NC(=S)NC(=O)Cc4ccccc4)cc3F)c2s1. The van der Waals surface area contributed by atoms with Crippen molar-refractivity contribution in [2.24, 2.45) is 0 Å². The third kappa shape index (κ3) is 5.19. The van der Waals surface area contributed by atoms with Gasteiger partial charge in [0, 0.05) is 16.6 Å². The second-order valence-corrected chi connectivity index (χ2v) is 8.33. The van der Waals surface area contributed by atoms with Gasteiger partial charge in [0.05, 0.1) is 11.9 Å². The normalized spacial score (nSPS) is 10.6. The number of ether oxygens (including phenoxy) is 1. The average Bonchev–Trinajstić information content (AvgIpc) is 3.11. The maximum absolute atomic E-state index is 14.6. The van der Waals surface area contributed by atoms with Crippen LogP contribution in [0, 0.1) is 12.7 Å². The summed E-state index contributed by atoms with van der Waals surface area (Å²) < 4.78 is 21.0. The van der Waals surface area contributed by atoms with Crippen molar-refractivity contribution >= 4 is 50.5 Å². The van der Waals surface area contributed by atoms with Crippen molar-refractivity contribution in [3.63, 3.8) is 0 Å². The number of hydrogen-bond acceptors (Lipinski definition) is 6. The van der Waals surface area contributed by atoms with Crippen molar-refractivity contribution in [3.8, 4) is 11.6 Å². The van der Waals surface area contributed by atoms with Gasteiger partial charge in [-0.3, -0.25) is 4.79 Å². The third-order valence-electron chi connectivity index (χ3n) is 4.26. The van der Waals surface area contributed by atoms with Crippen LogP contribution in [-0.4, -0.2) is 21.0 Å². The van der Waals surface area contributed by atoms with Gasteiger partial charge in [-0.25, -0.2) is 14.4 Å².